The Labute approximate surface area is 145 Å². The van der Waals surface area contributed by atoms with Crippen molar-refractivity contribution < 1.29 is 13.9 Å². The first kappa shape index (κ1) is 17.0. The van der Waals surface area contributed by atoms with Gasteiger partial charge in [0.1, 0.15) is 18.1 Å². The number of hydrogen-bond donors (Lipinski definition) is 1. The molecule has 1 atom stereocenters. The minimum Gasteiger partial charge on any atom is -0.461 e. The summed E-state index contributed by atoms with van der Waals surface area (Å²) in [7, 11) is 1.64. The van der Waals surface area contributed by atoms with Gasteiger partial charge in [-0.25, -0.2) is 9.78 Å². The molecule has 3 rings (SSSR count). The average Bonchev–Trinajstić information content (AvgIpc) is 3.27. The number of rotatable bonds is 6. The van der Waals surface area contributed by atoms with Gasteiger partial charge in [-0.05, 0) is 31.4 Å². The van der Waals surface area contributed by atoms with Crippen molar-refractivity contribution in [3.05, 3.63) is 34.7 Å². The Bertz CT molecular complexity index is 682. The Hall–Kier alpha value is -1.86. The van der Waals surface area contributed by atoms with Crippen molar-refractivity contribution in [2.24, 2.45) is 0 Å². The fourth-order valence-electron chi connectivity index (χ4n) is 3.00. The summed E-state index contributed by atoms with van der Waals surface area (Å²) in [6.07, 6.45) is 3.87. The lowest BCUT2D eigenvalue weighted by atomic mass is 10.2. The van der Waals surface area contributed by atoms with Gasteiger partial charge in [-0.2, -0.15) is 0 Å². The van der Waals surface area contributed by atoms with E-state index in [0.717, 1.165) is 49.4 Å². The first-order valence-corrected chi connectivity index (χ1v) is 9.18. The van der Waals surface area contributed by atoms with Crippen LogP contribution in [0.15, 0.2) is 21.9 Å². The number of furan rings is 1. The fourth-order valence-corrected chi connectivity index (χ4v) is 3.73. The number of methoxy groups -OCH3 is 1. The number of aromatic nitrogens is 1. The van der Waals surface area contributed by atoms with E-state index in [-0.39, 0.29) is 12.1 Å². The number of hydrogen-bond acceptors (Lipinski definition) is 5. The van der Waals surface area contributed by atoms with Gasteiger partial charge in [0.2, 0.25) is 0 Å². The minimum absolute atomic E-state index is 0.0225. The fraction of sp³-hybridized carbons (Fsp3) is 0.529. The van der Waals surface area contributed by atoms with Crippen LogP contribution in [0.4, 0.5) is 9.93 Å². The van der Waals surface area contributed by atoms with Gasteiger partial charge in [-0.15, -0.1) is 11.3 Å². The molecule has 2 aromatic heterocycles. The first-order valence-electron chi connectivity index (χ1n) is 8.30. The highest BCUT2D eigenvalue weighted by Gasteiger charge is 2.32. The number of carbonyl (C=O) groups is 1. The monoisotopic (exact) mass is 349 g/mol. The van der Waals surface area contributed by atoms with E-state index in [0.29, 0.717) is 11.7 Å². The maximum absolute atomic E-state index is 12.6. The summed E-state index contributed by atoms with van der Waals surface area (Å²) in [4.78, 5) is 18.9. The molecule has 130 valence electrons. The number of aryl methyl sites for hydroxylation is 1. The summed E-state index contributed by atoms with van der Waals surface area (Å²) in [5.74, 6) is 1.60. The van der Waals surface area contributed by atoms with Gasteiger partial charge in [0.25, 0.3) is 0 Å². The predicted octanol–water partition coefficient (Wildman–Crippen LogP) is 4.20. The van der Waals surface area contributed by atoms with Crippen molar-refractivity contribution in [1.29, 1.82) is 0 Å². The maximum atomic E-state index is 12.6. The number of nitrogens with one attached hydrogen (secondary N) is 1. The van der Waals surface area contributed by atoms with Crippen LogP contribution >= 0.6 is 11.3 Å². The summed E-state index contributed by atoms with van der Waals surface area (Å²) >= 11 is 1.47. The summed E-state index contributed by atoms with van der Waals surface area (Å²) in [6, 6.07) is 3.71. The van der Waals surface area contributed by atoms with Crippen LogP contribution in [0.25, 0.3) is 0 Å². The molecule has 1 aliphatic heterocycles. The molecule has 0 unspecified atom stereocenters. The van der Waals surface area contributed by atoms with E-state index in [1.165, 1.54) is 11.3 Å². The smallest absolute Gasteiger partial charge is 0.324 e. The molecule has 1 saturated heterocycles. The van der Waals surface area contributed by atoms with Gasteiger partial charge in [0.05, 0.1) is 11.7 Å². The topological polar surface area (TPSA) is 67.6 Å². The highest BCUT2D eigenvalue weighted by atomic mass is 32.1. The normalized spacial score (nSPS) is 17.4. The van der Waals surface area contributed by atoms with Crippen LogP contribution in [0.3, 0.4) is 0 Å². The SMILES string of the molecule is CCCc1csc(NC(=O)N2CCC[C@H]2c2ccc(COC)o2)n1. The molecule has 0 spiro atoms. The second kappa shape index (κ2) is 7.81. The van der Waals surface area contributed by atoms with Crippen LogP contribution in [0, 0.1) is 0 Å². The van der Waals surface area contributed by atoms with E-state index in [1.807, 2.05) is 22.4 Å². The van der Waals surface area contributed by atoms with Crippen LogP contribution in [0.5, 0.6) is 0 Å². The number of nitrogens with zero attached hydrogens (tertiary/aromatic N) is 2. The lowest BCUT2D eigenvalue weighted by Gasteiger charge is -2.22. The quantitative estimate of drug-likeness (QED) is 0.848. The van der Waals surface area contributed by atoms with Gasteiger partial charge in [-0.3, -0.25) is 5.32 Å². The maximum Gasteiger partial charge on any atom is 0.324 e. The molecule has 1 aliphatic rings. The van der Waals surface area contributed by atoms with E-state index in [2.05, 4.69) is 17.2 Å². The Morgan fingerprint density at radius 3 is 3.21 bits per heavy atom. The number of anilines is 1. The van der Waals surface area contributed by atoms with Crippen LogP contribution in [0.1, 0.15) is 49.4 Å². The van der Waals surface area contributed by atoms with Crippen molar-refractivity contribution >= 4 is 22.5 Å². The van der Waals surface area contributed by atoms with Crippen LogP contribution in [0.2, 0.25) is 0 Å². The predicted molar refractivity (Wildman–Crippen MR) is 93.2 cm³/mol. The number of amides is 2. The summed E-state index contributed by atoms with van der Waals surface area (Å²) in [6.45, 7) is 3.29. The number of urea groups is 1. The molecule has 2 aromatic rings. The lowest BCUT2D eigenvalue weighted by Crippen LogP contribution is -2.34. The largest absolute Gasteiger partial charge is 0.461 e. The van der Waals surface area contributed by atoms with Gasteiger partial charge in [-0.1, -0.05) is 13.3 Å². The number of thiazole rings is 1. The Morgan fingerprint density at radius 2 is 2.42 bits per heavy atom. The molecule has 0 aliphatic carbocycles. The third-order valence-corrected chi connectivity index (χ3v) is 4.89. The molecule has 1 fully saturated rings. The van der Waals surface area contributed by atoms with E-state index >= 15 is 0 Å². The Balaban J connectivity index is 1.66. The third-order valence-electron chi connectivity index (χ3n) is 4.08. The van der Waals surface area contributed by atoms with Crippen molar-refractivity contribution in [1.82, 2.24) is 9.88 Å². The summed E-state index contributed by atoms with van der Waals surface area (Å²) < 4.78 is 10.9. The highest BCUT2D eigenvalue weighted by molar-refractivity contribution is 7.13. The van der Waals surface area contributed by atoms with Crippen LogP contribution in [-0.4, -0.2) is 29.6 Å². The molecule has 0 radical (unpaired) electrons. The molecule has 3 heterocycles. The molecule has 2 amide bonds. The second-order valence-corrected chi connectivity index (χ2v) is 6.77. The van der Waals surface area contributed by atoms with Crippen molar-refractivity contribution in [2.45, 2.75) is 45.3 Å². The minimum atomic E-state index is -0.111. The summed E-state index contributed by atoms with van der Waals surface area (Å²) in [5.41, 5.74) is 1.03. The zero-order chi connectivity index (χ0) is 16.9. The highest BCUT2D eigenvalue weighted by Crippen LogP contribution is 2.33. The molecule has 24 heavy (non-hydrogen) atoms. The standard InChI is InChI=1S/C17H23N3O3S/c1-3-5-12-11-24-16(18-12)19-17(21)20-9-4-6-14(20)15-8-7-13(23-15)10-22-2/h7-8,11,14H,3-6,9-10H2,1-2H3,(H,18,19,21)/t14-/m0/s1. The Morgan fingerprint density at radius 1 is 1.54 bits per heavy atom. The first-order chi connectivity index (χ1) is 11.7. The zero-order valence-electron chi connectivity index (χ0n) is 14.1. The summed E-state index contributed by atoms with van der Waals surface area (Å²) in [5, 5.41) is 5.59. The van der Waals surface area contributed by atoms with Gasteiger partial charge in [0, 0.05) is 19.0 Å². The number of ether oxygens (including phenoxy) is 1. The van der Waals surface area contributed by atoms with Gasteiger partial charge in [0.15, 0.2) is 5.13 Å². The molecular weight excluding hydrogens is 326 g/mol. The van der Waals surface area contributed by atoms with Gasteiger partial charge >= 0.3 is 6.03 Å². The van der Waals surface area contributed by atoms with E-state index in [9.17, 15) is 4.79 Å². The lowest BCUT2D eigenvalue weighted by molar-refractivity contribution is 0.157. The van der Waals surface area contributed by atoms with Crippen molar-refractivity contribution in [3.8, 4) is 0 Å². The van der Waals surface area contributed by atoms with Gasteiger partial charge < -0.3 is 14.1 Å². The van der Waals surface area contributed by atoms with Crippen molar-refractivity contribution in [2.75, 3.05) is 19.0 Å². The second-order valence-electron chi connectivity index (χ2n) is 5.91. The molecule has 7 heteroatoms. The van der Waals surface area contributed by atoms with E-state index in [4.69, 9.17) is 9.15 Å². The van der Waals surface area contributed by atoms with Crippen LogP contribution < -0.4 is 5.32 Å². The van der Waals surface area contributed by atoms with Crippen molar-refractivity contribution in [3.63, 3.8) is 0 Å². The molecule has 0 bridgehead atoms. The molecule has 0 aromatic carbocycles. The van der Waals surface area contributed by atoms with E-state index in [1.54, 1.807) is 7.11 Å². The molecule has 1 N–H and O–H groups in total. The zero-order valence-corrected chi connectivity index (χ0v) is 14.9. The Kier molecular flexibility index (Phi) is 5.52. The molecular formula is C17H23N3O3S. The third kappa shape index (κ3) is 3.79. The van der Waals surface area contributed by atoms with Crippen LogP contribution in [-0.2, 0) is 17.8 Å². The van der Waals surface area contributed by atoms with E-state index < -0.39 is 0 Å². The molecule has 6 nitrogen and oxygen atoms in total. The number of likely N-dealkylation sites (tertiary alicyclic amines) is 1. The molecule has 0 saturated carbocycles. The number of carbonyl (C=O) groups excluding carboxylic acids is 1. The average molecular weight is 349 g/mol.